The Morgan fingerprint density at radius 3 is 2.39 bits per heavy atom. The Labute approximate surface area is 161 Å². The molecule has 1 fully saturated rings. The zero-order valence-corrected chi connectivity index (χ0v) is 15.8. The number of hydrogen-bond donors (Lipinski definition) is 1. The number of benzene rings is 2. The molecular weight excluding hydrogens is 383 g/mol. The third-order valence-corrected chi connectivity index (χ3v) is 6.03. The van der Waals surface area contributed by atoms with Crippen molar-refractivity contribution in [2.24, 2.45) is 0 Å². The lowest BCUT2D eigenvalue weighted by Crippen LogP contribution is -2.32. The molecule has 0 spiro atoms. The van der Waals surface area contributed by atoms with Crippen molar-refractivity contribution in [2.75, 3.05) is 6.54 Å². The lowest BCUT2D eigenvalue weighted by atomic mass is 10.2. The maximum Gasteiger partial charge on any atom is 0.346 e. The van der Waals surface area contributed by atoms with Crippen molar-refractivity contribution in [2.45, 2.75) is 30.3 Å². The van der Waals surface area contributed by atoms with E-state index in [1.54, 1.807) is 34.9 Å². The molecule has 9 heteroatoms. The van der Waals surface area contributed by atoms with E-state index < -0.39 is 10.0 Å². The second-order valence-electron chi connectivity index (χ2n) is 6.65. The normalized spacial score (nSPS) is 14.3. The van der Waals surface area contributed by atoms with E-state index in [4.69, 9.17) is 0 Å². The van der Waals surface area contributed by atoms with Crippen molar-refractivity contribution in [1.82, 2.24) is 19.1 Å². The predicted molar refractivity (Wildman–Crippen MR) is 102 cm³/mol. The van der Waals surface area contributed by atoms with Gasteiger partial charge in [0.2, 0.25) is 10.0 Å². The van der Waals surface area contributed by atoms with Crippen LogP contribution in [0.1, 0.15) is 18.9 Å². The van der Waals surface area contributed by atoms with E-state index in [0.29, 0.717) is 11.4 Å². The molecule has 0 bridgehead atoms. The average Bonchev–Trinajstić information content (AvgIpc) is 3.47. The third-order valence-electron chi connectivity index (χ3n) is 4.55. The van der Waals surface area contributed by atoms with Gasteiger partial charge in [0, 0.05) is 18.2 Å². The van der Waals surface area contributed by atoms with Crippen LogP contribution in [0.25, 0.3) is 11.4 Å². The molecule has 1 aromatic heterocycles. The fourth-order valence-corrected chi connectivity index (χ4v) is 4.03. The van der Waals surface area contributed by atoms with Crippen LogP contribution < -0.4 is 10.4 Å². The summed E-state index contributed by atoms with van der Waals surface area (Å²) in [6, 6.07) is 13.9. The fraction of sp³-hybridized carbons (Fsp3) is 0.263. The van der Waals surface area contributed by atoms with Crippen LogP contribution in [0.15, 0.2) is 64.3 Å². The van der Waals surface area contributed by atoms with E-state index >= 15 is 0 Å². The molecule has 0 radical (unpaired) electrons. The van der Waals surface area contributed by atoms with E-state index in [2.05, 4.69) is 9.82 Å². The van der Waals surface area contributed by atoms with Gasteiger partial charge in [-0.15, -0.1) is 5.10 Å². The first-order chi connectivity index (χ1) is 13.5. The summed E-state index contributed by atoms with van der Waals surface area (Å²) >= 11 is 0. The molecule has 2 aromatic carbocycles. The second-order valence-corrected chi connectivity index (χ2v) is 8.42. The lowest BCUT2D eigenvalue weighted by Gasteiger charge is -2.06. The van der Waals surface area contributed by atoms with Gasteiger partial charge in [-0.1, -0.05) is 18.2 Å². The molecule has 0 amide bonds. The van der Waals surface area contributed by atoms with Crippen molar-refractivity contribution < 1.29 is 12.8 Å². The van der Waals surface area contributed by atoms with Gasteiger partial charge in [0.25, 0.3) is 0 Å². The molecule has 0 saturated heterocycles. The highest BCUT2D eigenvalue weighted by atomic mass is 32.2. The summed E-state index contributed by atoms with van der Waals surface area (Å²) in [7, 11) is -3.65. The molecule has 28 heavy (non-hydrogen) atoms. The van der Waals surface area contributed by atoms with Crippen LogP contribution in [0.3, 0.4) is 0 Å². The molecule has 1 heterocycles. The average molecular weight is 402 g/mol. The summed E-state index contributed by atoms with van der Waals surface area (Å²) in [5.74, 6) is 0.109. The number of nitrogens with zero attached hydrogens (tertiary/aromatic N) is 3. The number of rotatable bonds is 7. The third kappa shape index (κ3) is 3.76. The molecule has 0 unspecified atom stereocenters. The Morgan fingerprint density at radius 1 is 1.07 bits per heavy atom. The van der Waals surface area contributed by atoms with Crippen LogP contribution in [0.2, 0.25) is 0 Å². The Balaban J connectivity index is 1.55. The minimum absolute atomic E-state index is 0.0294. The smallest absolute Gasteiger partial charge is 0.272 e. The van der Waals surface area contributed by atoms with Gasteiger partial charge in [-0.2, -0.15) is 0 Å². The topological polar surface area (TPSA) is 86.0 Å². The first-order valence-electron chi connectivity index (χ1n) is 8.96. The number of sulfonamides is 1. The first kappa shape index (κ1) is 18.6. The van der Waals surface area contributed by atoms with E-state index in [0.717, 1.165) is 12.8 Å². The van der Waals surface area contributed by atoms with Crippen LogP contribution in [0.5, 0.6) is 0 Å². The van der Waals surface area contributed by atoms with E-state index in [1.807, 2.05) is 0 Å². The second kappa shape index (κ2) is 7.33. The lowest BCUT2D eigenvalue weighted by molar-refractivity contribution is 0.547. The number of hydrogen-bond acceptors (Lipinski definition) is 4. The zero-order valence-electron chi connectivity index (χ0n) is 15.0. The van der Waals surface area contributed by atoms with E-state index in [9.17, 15) is 17.6 Å². The molecule has 7 nitrogen and oxygen atoms in total. The Bertz CT molecular complexity index is 1130. The SMILES string of the molecule is O=c1n(CCNS(=O)(=O)c2ccccc2)nc(-c2ccc(F)cc2)n1C1CC1. The van der Waals surface area contributed by atoms with Crippen molar-refractivity contribution in [1.29, 1.82) is 0 Å². The molecule has 1 saturated carbocycles. The largest absolute Gasteiger partial charge is 0.346 e. The van der Waals surface area contributed by atoms with E-state index in [1.165, 1.54) is 28.9 Å². The summed E-state index contributed by atoms with van der Waals surface area (Å²) in [4.78, 5) is 12.9. The van der Waals surface area contributed by atoms with Crippen molar-refractivity contribution >= 4 is 10.0 Å². The van der Waals surface area contributed by atoms with Gasteiger partial charge in [-0.05, 0) is 49.2 Å². The van der Waals surface area contributed by atoms with Crippen LogP contribution in [0.4, 0.5) is 4.39 Å². The molecule has 4 rings (SSSR count). The number of halogens is 1. The van der Waals surface area contributed by atoms with Gasteiger partial charge < -0.3 is 0 Å². The Morgan fingerprint density at radius 2 is 1.75 bits per heavy atom. The van der Waals surface area contributed by atoms with Gasteiger partial charge in [0.15, 0.2) is 5.82 Å². The molecule has 0 aliphatic heterocycles. The molecule has 1 aliphatic carbocycles. The Kier molecular flexibility index (Phi) is 4.86. The molecule has 0 atom stereocenters. The minimum Gasteiger partial charge on any atom is -0.272 e. The summed E-state index contributed by atoms with van der Waals surface area (Å²) in [5.41, 5.74) is 0.356. The minimum atomic E-state index is -3.65. The summed E-state index contributed by atoms with van der Waals surface area (Å²) in [6.07, 6.45) is 1.78. The molecule has 1 N–H and O–H groups in total. The van der Waals surface area contributed by atoms with Gasteiger partial charge in [0.1, 0.15) is 5.82 Å². The van der Waals surface area contributed by atoms with Crippen molar-refractivity contribution in [3.05, 3.63) is 70.9 Å². The van der Waals surface area contributed by atoms with E-state index in [-0.39, 0.29) is 35.5 Å². The molecule has 3 aromatic rings. The molecule has 1 aliphatic rings. The van der Waals surface area contributed by atoms with Crippen molar-refractivity contribution in [3.63, 3.8) is 0 Å². The number of nitrogens with one attached hydrogen (secondary N) is 1. The van der Waals surface area contributed by atoms with Gasteiger partial charge >= 0.3 is 5.69 Å². The summed E-state index contributed by atoms with van der Waals surface area (Å²) in [6.45, 7) is 0.125. The summed E-state index contributed by atoms with van der Waals surface area (Å²) < 4.78 is 43.2. The number of aromatic nitrogens is 3. The van der Waals surface area contributed by atoms with Gasteiger partial charge in [0.05, 0.1) is 11.4 Å². The van der Waals surface area contributed by atoms with Crippen LogP contribution in [-0.2, 0) is 16.6 Å². The van der Waals surface area contributed by atoms with Crippen LogP contribution in [-0.4, -0.2) is 29.3 Å². The zero-order chi connectivity index (χ0) is 19.7. The quantitative estimate of drug-likeness (QED) is 0.656. The highest BCUT2D eigenvalue weighted by molar-refractivity contribution is 7.89. The van der Waals surface area contributed by atoms with Crippen LogP contribution in [0, 0.1) is 5.82 Å². The fourth-order valence-electron chi connectivity index (χ4n) is 2.99. The Hall–Kier alpha value is -2.78. The highest BCUT2D eigenvalue weighted by Gasteiger charge is 2.30. The van der Waals surface area contributed by atoms with Gasteiger partial charge in [-0.3, -0.25) is 4.57 Å². The standard InChI is InChI=1S/C19H19FN4O3S/c20-15-8-6-14(7-9-15)18-22-23(19(25)24(18)16-10-11-16)13-12-21-28(26,27)17-4-2-1-3-5-17/h1-9,16,21H,10-13H2. The maximum atomic E-state index is 13.2. The maximum absolute atomic E-state index is 13.2. The molecule has 146 valence electrons. The van der Waals surface area contributed by atoms with Crippen LogP contribution >= 0.6 is 0 Å². The van der Waals surface area contributed by atoms with Crippen molar-refractivity contribution in [3.8, 4) is 11.4 Å². The summed E-state index contributed by atoms with van der Waals surface area (Å²) in [5, 5.41) is 4.37. The first-order valence-corrected chi connectivity index (χ1v) is 10.4. The van der Waals surface area contributed by atoms with Gasteiger partial charge in [-0.25, -0.2) is 27.0 Å². The predicted octanol–water partition coefficient (Wildman–Crippen LogP) is 2.16. The molecular formula is C19H19FN4O3S. The monoisotopic (exact) mass is 402 g/mol. The highest BCUT2D eigenvalue weighted by Crippen LogP contribution is 2.36.